The quantitative estimate of drug-likeness (QED) is 0.851. The smallest absolute Gasteiger partial charge is 0.328 e. The molecule has 4 nitrogen and oxygen atoms in total. The molecule has 1 heterocycles. The van der Waals surface area contributed by atoms with Gasteiger partial charge in [-0.15, -0.1) is 0 Å². The number of aromatic hydroxyl groups is 1. The number of hydrogen-bond donors (Lipinski definition) is 2. The van der Waals surface area contributed by atoms with Crippen molar-refractivity contribution in [2.75, 3.05) is 0 Å². The molecule has 0 radical (unpaired) electrons. The van der Waals surface area contributed by atoms with Crippen molar-refractivity contribution in [1.29, 1.82) is 0 Å². The number of hydrogen-bond acceptors (Lipinski definition) is 2. The summed E-state index contributed by atoms with van der Waals surface area (Å²) in [6, 6.07) is 9.68. The van der Waals surface area contributed by atoms with Crippen LogP contribution in [0.5, 0.6) is 5.88 Å². The minimum Gasteiger partial charge on any atom is -0.493 e. The first-order chi connectivity index (χ1) is 8.09. The van der Waals surface area contributed by atoms with Gasteiger partial charge >= 0.3 is 5.69 Å². The van der Waals surface area contributed by atoms with Crippen LogP contribution in [0, 0.1) is 0 Å². The number of H-pyrrole nitrogens is 1. The van der Waals surface area contributed by atoms with Crippen LogP contribution in [0.4, 0.5) is 0 Å². The van der Waals surface area contributed by atoms with Crippen LogP contribution in [0.3, 0.4) is 0 Å². The number of nitrogens with one attached hydrogen (secondary N) is 1. The Kier molecular flexibility index (Phi) is 3.04. The van der Waals surface area contributed by atoms with E-state index in [1.54, 1.807) is 0 Å². The van der Waals surface area contributed by atoms with Gasteiger partial charge in [-0.25, -0.2) is 4.79 Å². The molecular formula is C13H16N2O2. The van der Waals surface area contributed by atoms with Gasteiger partial charge in [0, 0.05) is 12.5 Å². The molecule has 4 heteroatoms. The van der Waals surface area contributed by atoms with Crippen LogP contribution in [-0.4, -0.2) is 14.7 Å². The van der Waals surface area contributed by atoms with Gasteiger partial charge in [-0.3, -0.25) is 4.57 Å². The molecule has 0 saturated carbocycles. The summed E-state index contributed by atoms with van der Waals surface area (Å²) in [5, 5.41) is 9.97. The normalized spacial score (nSPS) is 11.0. The molecule has 0 atom stereocenters. The van der Waals surface area contributed by atoms with Crippen molar-refractivity contribution in [3.8, 4) is 5.88 Å². The second-order valence-electron chi connectivity index (χ2n) is 4.36. The van der Waals surface area contributed by atoms with E-state index in [0.29, 0.717) is 12.1 Å². The van der Waals surface area contributed by atoms with Gasteiger partial charge < -0.3 is 10.1 Å². The fraction of sp³-hybridized carbons (Fsp3) is 0.308. The zero-order valence-corrected chi connectivity index (χ0v) is 9.97. The van der Waals surface area contributed by atoms with Gasteiger partial charge in [0.1, 0.15) is 0 Å². The van der Waals surface area contributed by atoms with Gasteiger partial charge in [0.15, 0.2) is 0 Å². The molecule has 0 bridgehead atoms. The Morgan fingerprint density at radius 2 is 1.94 bits per heavy atom. The number of rotatable bonds is 3. The maximum atomic E-state index is 11.6. The highest BCUT2D eigenvalue weighted by molar-refractivity contribution is 5.27. The Morgan fingerprint density at radius 3 is 2.47 bits per heavy atom. The van der Waals surface area contributed by atoms with Crippen LogP contribution in [0.2, 0.25) is 0 Å². The van der Waals surface area contributed by atoms with Gasteiger partial charge in [0.25, 0.3) is 0 Å². The maximum Gasteiger partial charge on any atom is 0.328 e. The van der Waals surface area contributed by atoms with Gasteiger partial charge in [0.2, 0.25) is 5.88 Å². The summed E-state index contributed by atoms with van der Waals surface area (Å²) < 4.78 is 1.36. The van der Waals surface area contributed by atoms with Crippen LogP contribution in [0.1, 0.15) is 31.1 Å². The van der Waals surface area contributed by atoms with Crippen molar-refractivity contribution in [2.45, 2.75) is 26.3 Å². The summed E-state index contributed by atoms with van der Waals surface area (Å²) in [5.41, 5.74) is 1.36. The molecule has 0 aliphatic heterocycles. The minimum absolute atomic E-state index is 0.0360. The third-order valence-corrected chi connectivity index (χ3v) is 2.71. The number of benzene rings is 1. The van der Waals surface area contributed by atoms with E-state index in [2.05, 4.69) is 4.98 Å². The van der Waals surface area contributed by atoms with Crippen molar-refractivity contribution in [3.63, 3.8) is 0 Å². The summed E-state index contributed by atoms with van der Waals surface area (Å²) in [6.07, 6.45) is 0.529. The molecule has 0 spiro atoms. The van der Waals surface area contributed by atoms with Gasteiger partial charge in [-0.1, -0.05) is 30.3 Å². The van der Waals surface area contributed by atoms with Crippen molar-refractivity contribution < 1.29 is 5.11 Å². The molecule has 0 aliphatic carbocycles. The highest BCUT2D eigenvalue weighted by Gasteiger charge is 2.15. The molecule has 0 saturated heterocycles. The number of aromatic amines is 1. The number of imidazole rings is 1. The van der Waals surface area contributed by atoms with Crippen LogP contribution in [-0.2, 0) is 6.42 Å². The van der Waals surface area contributed by atoms with Crippen LogP contribution in [0.15, 0.2) is 35.1 Å². The fourth-order valence-electron chi connectivity index (χ4n) is 1.89. The summed E-state index contributed by atoms with van der Waals surface area (Å²) in [6.45, 7) is 3.72. The topological polar surface area (TPSA) is 58.0 Å². The van der Waals surface area contributed by atoms with Gasteiger partial charge in [0.05, 0.1) is 5.69 Å². The lowest BCUT2D eigenvalue weighted by molar-refractivity contribution is 0.391. The second kappa shape index (κ2) is 4.49. The van der Waals surface area contributed by atoms with E-state index in [1.807, 2.05) is 44.2 Å². The van der Waals surface area contributed by atoms with Gasteiger partial charge in [-0.05, 0) is 19.4 Å². The number of nitrogens with zero attached hydrogens (tertiary/aromatic N) is 1. The second-order valence-corrected chi connectivity index (χ2v) is 4.36. The predicted octanol–water partition coefficient (Wildman–Crippen LogP) is 2.05. The van der Waals surface area contributed by atoms with Crippen molar-refractivity contribution in [3.05, 3.63) is 52.1 Å². The van der Waals surface area contributed by atoms with E-state index < -0.39 is 0 Å². The average molecular weight is 232 g/mol. The van der Waals surface area contributed by atoms with E-state index >= 15 is 0 Å². The molecule has 0 fully saturated rings. The molecule has 0 unspecified atom stereocenters. The highest BCUT2D eigenvalue weighted by Crippen LogP contribution is 2.20. The highest BCUT2D eigenvalue weighted by atomic mass is 16.3. The maximum absolute atomic E-state index is 11.6. The monoisotopic (exact) mass is 232 g/mol. The summed E-state index contributed by atoms with van der Waals surface area (Å²) >= 11 is 0. The number of aromatic nitrogens is 2. The molecule has 2 rings (SSSR count). The summed E-state index contributed by atoms with van der Waals surface area (Å²) in [4.78, 5) is 14.3. The average Bonchev–Trinajstić information content (AvgIpc) is 2.55. The lowest BCUT2D eigenvalue weighted by Gasteiger charge is -2.06. The van der Waals surface area contributed by atoms with Crippen molar-refractivity contribution in [2.24, 2.45) is 0 Å². The predicted molar refractivity (Wildman–Crippen MR) is 66.4 cm³/mol. The third-order valence-electron chi connectivity index (χ3n) is 2.71. The largest absolute Gasteiger partial charge is 0.493 e. The lowest BCUT2D eigenvalue weighted by Crippen LogP contribution is -2.18. The molecule has 90 valence electrons. The Labute approximate surface area is 99.5 Å². The summed E-state index contributed by atoms with van der Waals surface area (Å²) in [5.74, 6) is 0.0360. The lowest BCUT2D eigenvalue weighted by atomic mass is 10.1. The van der Waals surface area contributed by atoms with Crippen LogP contribution in [0.25, 0.3) is 0 Å². The molecule has 2 N–H and O–H groups in total. The van der Waals surface area contributed by atoms with Crippen LogP contribution >= 0.6 is 0 Å². The van der Waals surface area contributed by atoms with Crippen molar-refractivity contribution in [1.82, 2.24) is 9.55 Å². The Hall–Kier alpha value is -1.97. The van der Waals surface area contributed by atoms with E-state index in [-0.39, 0.29) is 17.6 Å². The van der Waals surface area contributed by atoms with E-state index in [1.165, 1.54) is 4.57 Å². The Bertz CT molecular complexity index is 553. The first-order valence-electron chi connectivity index (χ1n) is 5.66. The standard InChI is InChI=1S/C13H16N2O2/c1-9(2)15-12(16)11(14-13(15)17)8-10-6-4-3-5-7-10/h3-7,9,16H,8H2,1-2H3,(H,14,17). The Balaban J connectivity index is 2.35. The molecule has 1 aromatic carbocycles. The third kappa shape index (κ3) is 2.25. The zero-order chi connectivity index (χ0) is 12.4. The molecule has 1 aromatic heterocycles. The van der Waals surface area contributed by atoms with Crippen molar-refractivity contribution >= 4 is 0 Å². The minimum atomic E-state index is -0.261. The first kappa shape index (κ1) is 11.5. The molecule has 0 aliphatic rings. The first-order valence-corrected chi connectivity index (χ1v) is 5.66. The van der Waals surface area contributed by atoms with Crippen LogP contribution < -0.4 is 5.69 Å². The molecule has 0 amide bonds. The van der Waals surface area contributed by atoms with E-state index in [4.69, 9.17) is 0 Å². The molecular weight excluding hydrogens is 216 g/mol. The zero-order valence-electron chi connectivity index (χ0n) is 9.97. The SMILES string of the molecule is CC(C)n1c(O)c(Cc2ccccc2)[nH]c1=O. The Morgan fingerprint density at radius 1 is 1.29 bits per heavy atom. The summed E-state index contributed by atoms with van der Waals surface area (Å²) in [7, 11) is 0. The van der Waals surface area contributed by atoms with E-state index in [9.17, 15) is 9.90 Å². The molecule has 2 aromatic rings. The molecule has 17 heavy (non-hydrogen) atoms. The fourth-order valence-corrected chi connectivity index (χ4v) is 1.89. The van der Waals surface area contributed by atoms with Gasteiger partial charge in [-0.2, -0.15) is 0 Å². The van der Waals surface area contributed by atoms with E-state index in [0.717, 1.165) is 5.56 Å².